The minimum Gasteiger partial charge on any atom is -0.264 e. The van der Waals surface area contributed by atoms with E-state index in [1.807, 2.05) is 12.1 Å². The topological polar surface area (TPSA) is 47.0 Å². The van der Waals surface area contributed by atoms with Gasteiger partial charge in [0, 0.05) is 23.1 Å². The largest absolute Gasteiger partial charge is 0.264 e. The van der Waals surface area contributed by atoms with Gasteiger partial charge in [-0.3, -0.25) is 4.98 Å². The van der Waals surface area contributed by atoms with Crippen molar-refractivity contribution in [3.05, 3.63) is 29.0 Å². The molecule has 1 aromatic heterocycles. The summed E-state index contributed by atoms with van der Waals surface area (Å²) >= 11 is 3.25. The van der Waals surface area contributed by atoms with Crippen LogP contribution in [-0.4, -0.2) is 19.7 Å². The molecule has 0 unspecified atom stereocenters. The fraction of sp³-hybridized carbons (Fsp3) is 0.167. The van der Waals surface area contributed by atoms with Crippen molar-refractivity contribution in [1.82, 2.24) is 4.98 Å². The monoisotopic (exact) mass is 237 g/mol. The molecule has 1 rings (SSSR count). The molecule has 3 nitrogen and oxygen atoms in total. The van der Waals surface area contributed by atoms with Crippen LogP contribution < -0.4 is 0 Å². The van der Waals surface area contributed by atoms with E-state index in [1.54, 1.807) is 12.4 Å². The molecule has 0 aromatic carbocycles. The molecule has 5 heteroatoms. The highest BCUT2D eigenvalue weighted by Crippen LogP contribution is 2.02. The molecule has 0 radical (unpaired) electrons. The number of rotatable bonds is 0. The van der Waals surface area contributed by atoms with E-state index in [0.29, 0.717) is 0 Å². The van der Waals surface area contributed by atoms with Crippen LogP contribution in [0.5, 0.6) is 0 Å². The summed E-state index contributed by atoms with van der Waals surface area (Å²) in [5.41, 5.74) is 0. The normalized spacial score (nSPS) is 8.64. The Morgan fingerprint density at radius 2 is 2.09 bits per heavy atom. The lowest BCUT2D eigenvalue weighted by Gasteiger charge is -1.80. The van der Waals surface area contributed by atoms with Gasteiger partial charge in [0.2, 0.25) is 0 Å². The molecule has 0 bridgehead atoms. The number of thiol groups is 1. The lowest BCUT2D eigenvalue weighted by Crippen LogP contribution is -1.64. The Balaban J connectivity index is 0.000000218. The zero-order chi connectivity index (χ0) is 8.69. The molecule has 1 heterocycles. The molecule has 0 aliphatic heterocycles. The van der Waals surface area contributed by atoms with E-state index in [2.05, 4.69) is 20.9 Å². The Kier molecular flexibility index (Phi) is 6.06. The van der Waals surface area contributed by atoms with Crippen molar-refractivity contribution >= 4 is 26.6 Å². The smallest absolute Gasteiger partial charge is 0.137 e. The summed E-state index contributed by atoms with van der Waals surface area (Å²) in [6.07, 6.45) is 4.61. The number of hydrogen-bond acceptors (Lipinski definition) is 3. The Morgan fingerprint density at radius 3 is 2.27 bits per heavy atom. The molecule has 0 saturated carbocycles. The zero-order valence-corrected chi connectivity index (χ0v) is 8.38. The third-order valence-electron chi connectivity index (χ3n) is 0.625. The highest BCUT2D eigenvalue weighted by atomic mass is 79.9. The van der Waals surface area contributed by atoms with Crippen molar-refractivity contribution in [1.29, 1.82) is 0 Å². The second-order valence-electron chi connectivity index (χ2n) is 1.61. The van der Waals surface area contributed by atoms with Crippen LogP contribution in [0.2, 0.25) is 0 Å². The van der Waals surface area contributed by atoms with Crippen molar-refractivity contribution in [3.8, 4) is 0 Å². The van der Waals surface area contributed by atoms with Crippen LogP contribution in [0.4, 0.5) is 0 Å². The van der Waals surface area contributed by atoms with Gasteiger partial charge in [-0.2, -0.15) is 0 Å². The van der Waals surface area contributed by atoms with Gasteiger partial charge in [-0.05, 0) is 28.1 Å². The summed E-state index contributed by atoms with van der Waals surface area (Å²) in [6, 6.07) is 3.82. The summed E-state index contributed by atoms with van der Waals surface area (Å²) in [5, 5.41) is 0. The maximum absolute atomic E-state index is 9.04. The van der Waals surface area contributed by atoms with E-state index < -0.39 is 10.7 Å². The molecule has 0 N–H and O–H groups in total. The average molecular weight is 238 g/mol. The van der Waals surface area contributed by atoms with Gasteiger partial charge in [0.15, 0.2) is 0 Å². The first-order chi connectivity index (χ1) is 5.13. The summed E-state index contributed by atoms with van der Waals surface area (Å²) in [6.45, 7) is 0. The highest BCUT2D eigenvalue weighted by Gasteiger charge is 1.75. The Morgan fingerprint density at radius 1 is 1.55 bits per heavy atom. The van der Waals surface area contributed by atoms with Crippen LogP contribution in [0.25, 0.3) is 0 Å². The molecular weight excluding hydrogens is 230 g/mol. The summed E-state index contributed by atoms with van der Waals surface area (Å²) in [4.78, 5) is 3.84. The van der Waals surface area contributed by atoms with Crippen LogP contribution in [-0.2, 0) is 10.7 Å². The zero-order valence-electron chi connectivity index (χ0n) is 5.90. The molecule has 0 spiro atoms. The average Bonchev–Trinajstić information content (AvgIpc) is 1.87. The third-order valence-corrected chi connectivity index (χ3v) is 1.09. The second-order valence-corrected chi connectivity index (χ2v) is 3.41. The molecular formula is C6H8BrNO2S. The number of pyridine rings is 1. The molecule has 1 aromatic rings. The number of aromatic nitrogens is 1. The number of nitrogens with zero attached hydrogens (tertiary/aromatic N) is 1. The quantitative estimate of drug-likeness (QED) is 0.688. The number of hydrogen-bond donors (Lipinski definition) is 1. The lowest BCUT2D eigenvalue weighted by atomic mass is 10.5. The number of halogens is 1. The van der Waals surface area contributed by atoms with Gasteiger partial charge in [0.1, 0.15) is 10.7 Å². The molecule has 0 saturated heterocycles. The fourth-order valence-corrected chi connectivity index (χ4v) is 0.613. The first-order valence-corrected chi connectivity index (χ1v) is 5.18. The van der Waals surface area contributed by atoms with E-state index in [9.17, 15) is 0 Å². The van der Waals surface area contributed by atoms with E-state index in [0.717, 1.165) is 10.7 Å². The molecule has 0 aliphatic rings. The first kappa shape index (κ1) is 10.6. The van der Waals surface area contributed by atoms with Crippen molar-refractivity contribution in [3.63, 3.8) is 0 Å². The fourth-order valence-electron chi connectivity index (χ4n) is 0.342. The van der Waals surface area contributed by atoms with Gasteiger partial charge in [-0.15, -0.1) is 0 Å². The Hall–Kier alpha value is -0.420. The van der Waals surface area contributed by atoms with E-state index >= 15 is 0 Å². The Labute approximate surface area is 75.5 Å². The van der Waals surface area contributed by atoms with Crippen LogP contribution in [0, 0.1) is 0 Å². The van der Waals surface area contributed by atoms with Gasteiger partial charge in [-0.25, -0.2) is 8.42 Å². The van der Waals surface area contributed by atoms with Gasteiger partial charge in [0.25, 0.3) is 0 Å². The molecule has 0 fully saturated rings. The van der Waals surface area contributed by atoms with Gasteiger partial charge in [-0.1, -0.05) is 0 Å². The van der Waals surface area contributed by atoms with Crippen LogP contribution in [0.1, 0.15) is 0 Å². The molecule has 0 amide bonds. The van der Waals surface area contributed by atoms with Crippen molar-refractivity contribution in [2.45, 2.75) is 0 Å². The summed E-state index contributed by atoms with van der Waals surface area (Å²) in [5.74, 6) is 0. The van der Waals surface area contributed by atoms with E-state index in [4.69, 9.17) is 8.42 Å². The summed E-state index contributed by atoms with van der Waals surface area (Å²) in [7, 11) is -2.12. The second kappa shape index (κ2) is 6.30. The van der Waals surface area contributed by atoms with E-state index in [-0.39, 0.29) is 0 Å². The van der Waals surface area contributed by atoms with Gasteiger partial charge >= 0.3 is 0 Å². The maximum atomic E-state index is 9.04. The van der Waals surface area contributed by atoms with Gasteiger partial charge < -0.3 is 0 Å². The predicted octanol–water partition coefficient (Wildman–Crippen LogP) is 1.07. The predicted molar refractivity (Wildman–Crippen MR) is 48.2 cm³/mol. The van der Waals surface area contributed by atoms with Gasteiger partial charge in [0.05, 0.1) is 0 Å². The minimum atomic E-state index is -2.12. The lowest BCUT2D eigenvalue weighted by molar-refractivity contribution is 0.619. The molecule has 11 heavy (non-hydrogen) atoms. The van der Waals surface area contributed by atoms with Crippen LogP contribution in [0.3, 0.4) is 0 Å². The third kappa shape index (κ3) is 9.58. The highest BCUT2D eigenvalue weighted by molar-refractivity contribution is 9.10. The SMILES string of the molecule is Brc1cccnc1.C[SH](=O)=O. The molecule has 0 aliphatic carbocycles. The van der Waals surface area contributed by atoms with Crippen molar-refractivity contribution in [2.24, 2.45) is 0 Å². The minimum absolute atomic E-state index is 1.02. The standard InChI is InChI=1S/C5H4BrN.CH4O2S/c6-5-2-1-3-7-4-5;1-4(2)3/h1-4H;4H,1H3. The van der Waals surface area contributed by atoms with Crippen LogP contribution >= 0.6 is 15.9 Å². The summed E-state index contributed by atoms with van der Waals surface area (Å²) < 4.78 is 19.1. The van der Waals surface area contributed by atoms with Crippen molar-refractivity contribution in [2.75, 3.05) is 6.26 Å². The Bertz CT molecular complexity index is 253. The maximum Gasteiger partial charge on any atom is 0.137 e. The first-order valence-electron chi connectivity index (χ1n) is 2.76. The van der Waals surface area contributed by atoms with Crippen LogP contribution in [0.15, 0.2) is 29.0 Å². The van der Waals surface area contributed by atoms with Crippen molar-refractivity contribution < 1.29 is 8.42 Å². The molecule has 0 atom stereocenters. The van der Waals surface area contributed by atoms with E-state index in [1.165, 1.54) is 0 Å². The molecule has 62 valence electrons.